The maximum Gasteiger partial charge on any atom is 1.00 e. The molecule has 0 N–H and O–H groups in total. The Labute approximate surface area is 126 Å². The quantitative estimate of drug-likeness (QED) is 0.396. The number of amides is 1. The Morgan fingerprint density at radius 3 is 2.30 bits per heavy atom. The number of rotatable bonds is 4. The van der Waals surface area contributed by atoms with Crippen LogP contribution in [0, 0.1) is 0 Å². The van der Waals surface area contributed by atoms with Crippen molar-refractivity contribution < 1.29 is 55.2 Å². The van der Waals surface area contributed by atoms with Gasteiger partial charge in [-0.3, -0.25) is 0 Å². The van der Waals surface area contributed by atoms with Crippen molar-refractivity contribution in [1.82, 2.24) is 4.47 Å². The number of alkyl halides is 3. The second-order valence-corrected chi connectivity index (χ2v) is 3.81. The molecule has 1 rings (SSSR count). The van der Waals surface area contributed by atoms with Gasteiger partial charge >= 0.3 is 31.1 Å². The maximum absolute atomic E-state index is 11.9. The van der Waals surface area contributed by atoms with Crippen molar-refractivity contribution in [3.63, 3.8) is 0 Å². The summed E-state index contributed by atoms with van der Waals surface area (Å²) in [7, 11) is 0. The van der Waals surface area contributed by atoms with Crippen molar-refractivity contribution >= 4 is 17.4 Å². The van der Waals surface area contributed by atoms with E-state index in [0.717, 1.165) is 0 Å². The summed E-state index contributed by atoms with van der Waals surface area (Å²) in [5.41, 5.74) is 0. The minimum Gasteiger partial charge on any atom is -0.753 e. The number of nitrogens with zero attached hydrogens (tertiary/aromatic N) is 1. The molecular weight excluding hydrogens is 298 g/mol. The molecule has 1 unspecified atom stereocenters. The van der Waals surface area contributed by atoms with Gasteiger partial charge in [-0.1, -0.05) is 18.2 Å². The number of hydrogen-bond donors (Lipinski definition) is 0. The van der Waals surface area contributed by atoms with Gasteiger partial charge in [-0.2, -0.15) is 13.2 Å². The van der Waals surface area contributed by atoms with E-state index >= 15 is 0 Å². The van der Waals surface area contributed by atoms with Gasteiger partial charge in [0.1, 0.15) is 5.75 Å². The van der Waals surface area contributed by atoms with Crippen LogP contribution in [-0.2, 0) is 16.1 Å². The predicted octanol–water partition coefficient (Wildman–Crippen LogP) is -1.22. The first-order valence-electron chi connectivity index (χ1n) is 4.65. The average molecular weight is 305 g/mol. The van der Waals surface area contributed by atoms with E-state index in [1.165, 1.54) is 24.3 Å². The molecule has 0 saturated carbocycles. The molecule has 106 valence electrons. The summed E-state index contributed by atoms with van der Waals surface area (Å²) in [6, 6.07) is 7.19. The van der Waals surface area contributed by atoms with Crippen LogP contribution in [0.2, 0.25) is 0 Å². The van der Waals surface area contributed by atoms with Gasteiger partial charge in [0.2, 0.25) is 0 Å². The largest absolute Gasteiger partial charge is 1.00 e. The van der Waals surface area contributed by atoms with Crippen molar-refractivity contribution in [3.8, 4) is 5.75 Å². The fourth-order valence-electron chi connectivity index (χ4n) is 0.915. The van der Waals surface area contributed by atoms with E-state index in [1.807, 2.05) is 0 Å². The SMILES string of the molecule is O=C(Oc1ccccc1)N(OCC(F)(F)F)S(=O)[O-].[Li+]. The molecule has 0 heterocycles. The molecule has 0 aliphatic heterocycles. The Kier molecular flexibility index (Phi) is 7.85. The van der Waals surface area contributed by atoms with E-state index in [-0.39, 0.29) is 24.6 Å². The third-order valence-electron chi connectivity index (χ3n) is 1.58. The molecule has 1 atom stereocenters. The molecule has 0 bridgehead atoms. The average Bonchev–Trinajstić information content (AvgIpc) is 2.28. The third kappa shape index (κ3) is 6.93. The number of hydroxylamine groups is 1. The van der Waals surface area contributed by atoms with E-state index in [4.69, 9.17) is 0 Å². The molecule has 0 saturated heterocycles. The van der Waals surface area contributed by atoms with E-state index < -0.39 is 34.6 Å². The van der Waals surface area contributed by atoms with Crippen LogP contribution in [0.25, 0.3) is 0 Å². The zero-order valence-corrected chi connectivity index (χ0v) is 10.9. The minimum atomic E-state index is -4.79. The molecular formula is C9H7F3LiNO5S. The Balaban J connectivity index is 0.00000361. The van der Waals surface area contributed by atoms with E-state index in [1.54, 1.807) is 6.07 Å². The molecule has 0 fully saturated rings. The van der Waals surface area contributed by atoms with Crippen LogP contribution in [-0.4, -0.2) is 32.1 Å². The molecule has 1 aromatic carbocycles. The second-order valence-electron chi connectivity index (χ2n) is 3.04. The molecule has 0 aliphatic rings. The van der Waals surface area contributed by atoms with Crippen LogP contribution < -0.4 is 23.6 Å². The third-order valence-corrected chi connectivity index (χ3v) is 2.10. The van der Waals surface area contributed by atoms with Crippen LogP contribution in [0.5, 0.6) is 5.75 Å². The molecule has 20 heavy (non-hydrogen) atoms. The summed E-state index contributed by atoms with van der Waals surface area (Å²) in [5.74, 6) is -0.0430. The van der Waals surface area contributed by atoms with E-state index in [9.17, 15) is 26.7 Å². The number of ether oxygens (including phenoxy) is 1. The minimum absolute atomic E-state index is 0. The van der Waals surface area contributed by atoms with Gasteiger partial charge in [0.15, 0.2) is 6.61 Å². The summed E-state index contributed by atoms with van der Waals surface area (Å²) >= 11 is -3.36. The first-order chi connectivity index (χ1) is 8.79. The molecule has 0 spiro atoms. The van der Waals surface area contributed by atoms with Gasteiger partial charge in [-0.15, -0.1) is 4.47 Å². The van der Waals surface area contributed by atoms with Crippen LogP contribution >= 0.6 is 0 Å². The Morgan fingerprint density at radius 1 is 1.30 bits per heavy atom. The summed E-state index contributed by atoms with van der Waals surface area (Å²) in [6.07, 6.45) is -6.39. The van der Waals surface area contributed by atoms with E-state index in [2.05, 4.69) is 9.57 Å². The Morgan fingerprint density at radius 2 is 1.85 bits per heavy atom. The summed E-state index contributed by atoms with van der Waals surface area (Å²) in [6.45, 7) is -1.94. The van der Waals surface area contributed by atoms with Crippen molar-refractivity contribution in [3.05, 3.63) is 30.3 Å². The monoisotopic (exact) mass is 305 g/mol. The zero-order valence-electron chi connectivity index (χ0n) is 10.1. The van der Waals surface area contributed by atoms with Crippen LogP contribution in [0.3, 0.4) is 0 Å². The van der Waals surface area contributed by atoms with Crippen LogP contribution in [0.4, 0.5) is 18.0 Å². The number of hydrogen-bond acceptors (Lipinski definition) is 5. The number of benzene rings is 1. The summed E-state index contributed by atoms with van der Waals surface area (Å²) in [4.78, 5) is 15.1. The number of halogens is 3. The molecule has 0 aliphatic carbocycles. The van der Waals surface area contributed by atoms with Crippen molar-refractivity contribution in [2.75, 3.05) is 6.61 Å². The molecule has 6 nitrogen and oxygen atoms in total. The standard InChI is InChI=1S/C9H8F3NO5S.Li/c10-9(11,12)6-17-13(19(15)16)8(14)18-7-4-2-1-3-5-7;/h1-5H,6H2,(H,15,16);/q;+1/p-1. The van der Waals surface area contributed by atoms with Crippen LogP contribution in [0.1, 0.15) is 0 Å². The fourth-order valence-corrected chi connectivity index (χ4v) is 1.21. The first-order valence-corrected chi connectivity index (χ1v) is 5.69. The summed E-state index contributed by atoms with van der Waals surface area (Å²) < 4.78 is 60.7. The summed E-state index contributed by atoms with van der Waals surface area (Å²) in [5, 5.41) is 0. The molecule has 0 aromatic heterocycles. The number of carbonyl (C=O) groups is 1. The van der Waals surface area contributed by atoms with Crippen LogP contribution in [0.15, 0.2) is 30.3 Å². The van der Waals surface area contributed by atoms with Crippen molar-refractivity contribution in [2.24, 2.45) is 0 Å². The van der Waals surface area contributed by atoms with Crippen molar-refractivity contribution in [2.45, 2.75) is 6.18 Å². The Bertz CT molecular complexity index is 459. The van der Waals surface area contributed by atoms with Crippen molar-refractivity contribution in [1.29, 1.82) is 0 Å². The maximum atomic E-state index is 11.9. The first kappa shape index (κ1) is 18.9. The van der Waals surface area contributed by atoms with Gasteiger partial charge in [-0.05, 0) is 12.1 Å². The van der Waals surface area contributed by atoms with Gasteiger partial charge in [0.25, 0.3) is 0 Å². The smallest absolute Gasteiger partial charge is 0.753 e. The second kappa shape index (κ2) is 8.28. The van der Waals surface area contributed by atoms with Gasteiger partial charge in [0, 0.05) is 0 Å². The topological polar surface area (TPSA) is 78.9 Å². The predicted molar refractivity (Wildman–Crippen MR) is 55.2 cm³/mol. The van der Waals surface area contributed by atoms with Gasteiger partial charge in [0.05, 0.1) is 11.3 Å². The molecule has 1 aromatic rings. The zero-order chi connectivity index (χ0) is 14.5. The number of carbonyl (C=O) groups excluding carboxylic acids is 1. The van der Waals surface area contributed by atoms with Gasteiger partial charge in [-0.25, -0.2) is 13.8 Å². The number of para-hydroxylation sites is 1. The van der Waals surface area contributed by atoms with E-state index in [0.29, 0.717) is 0 Å². The van der Waals surface area contributed by atoms with Gasteiger partial charge < -0.3 is 9.29 Å². The fraction of sp³-hybridized carbons (Fsp3) is 0.222. The Hall–Kier alpha value is -1.05. The normalized spacial score (nSPS) is 12.2. The molecule has 1 amide bonds. The molecule has 11 heteroatoms. The molecule has 0 radical (unpaired) electrons.